The molecular formula is C19H26N2O4. The molecule has 0 bridgehead atoms. The van der Waals surface area contributed by atoms with Crippen LogP contribution in [0.4, 0.5) is 0 Å². The highest BCUT2D eigenvalue weighted by atomic mass is 16.7. The van der Waals surface area contributed by atoms with E-state index in [2.05, 4.69) is 4.90 Å². The zero-order valence-corrected chi connectivity index (χ0v) is 14.8. The minimum Gasteiger partial charge on any atom is -0.481 e. The monoisotopic (exact) mass is 346 g/mol. The minimum absolute atomic E-state index is 0.0672. The summed E-state index contributed by atoms with van der Waals surface area (Å²) in [7, 11) is 0. The Balaban J connectivity index is 1.30. The third kappa shape index (κ3) is 3.54. The van der Waals surface area contributed by atoms with Crippen LogP contribution < -0.4 is 14.2 Å². The number of hydrogen-bond donors (Lipinski definition) is 0. The Kier molecular flexibility index (Phi) is 4.70. The van der Waals surface area contributed by atoms with E-state index in [4.69, 9.17) is 14.2 Å². The highest BCUT2D eigenvalue weighted by molar-refractivity contribution is 5.81. The molecule has 3 aliphatic heterocycles. The van der Waals surface area contributed by atoms with Crippen LogP contribution in [0, 0.1) is 0 Å². The molecule has 1 aromatic carbocycles. The standard InChI is InChI=1S/C19H26N2O4/c1-14(25-16-4-5-17-18(12-16)24-13-23-17)19(22)21-10-6-15(7-11-21)20-8-2-3-9-20/h4-5,12,14-15H,2-3,6-11,13H2,1H3. The molecule has 1 atom stereocenters. The SMILES string of the molecule is CC(Oc1ccc2c(c1)OCO2)C(=O)N1CCC(N2CCCC2)CC1. The lowest BCUT2D eigenvalue weighted by atomic mass is 10.0. The van der Waals surface area contributed by atoms with Crippen molar-refractivity contribution in [2.75, 3.05) is 33.0 Å². The summed E-state index contributed by atoms with van der Waals surface area (Å²) in [6.45, 7) is 6.16. The largest absolute Gasteiger partial charge is 0.481 e. The fourth-order valence-corrected chi connectivity index (χ4v) is 4.02. The van der Waals surface area contributed by atoms with Crippen LogP contribution in [0.25, 0.3) is 0 Å². The molecule has 2 saturated heterocycles. The minimum atomic E-state index is -0.497. The number of carbonyl (C=O) groups is 1. The van der Waals surface area contributed by atoms with Crippen LogP contribution >= 0.6 is 0 Å². The molecule has 4 rings (SSSR count). The molecule has 1 amide bonds. The summed E-state index contributed by atoms with van der Waals surface area (Å²) in [5.74, 6) is 2.09. The van der Waals surface area contributed by atoms with Gasteiger partial charge in [0.1, 0.15) is 5.75 Å². The van der Waals surface area contributed by atoms with E-state index in [-0.39, 0.29) is 12.7 Å². The molecule has 6 nitrogen and oxygen atoms in total. The number of benzene rings is 1. The normalized spacial score (nSPS) is 22.2. The zero-order valence-electron chi connectivity index (χ0n) is 14.8. The number of carbonyl (C=O) groups excluding carboxylic acids is 1. The molecule has 0 radical (unpaired) electrons. The molecule has 0 spiro atoms. The van der Waals surface area contributed by atoms with Crippen molar-refractivity contribution in [2.24, 2.45) is 0 Å². The number of piperidine rings is 1. The van der Waals surface area contributed by atoms with Crippen LogP contribution in [0.3, 0.4) is 0 Å². The van der Waals surface area contributed by atoms with Gasteiger partial charge >= 0.3 is 0 Å². The van der Waals surface area contributed by atoms with Gasteiger partial charge in [-0.1, -0.05) is 0 Å². The van der Waals surface area contributed by atoms with Crippen molar-refractivity contribution in [1.82, 2.24) is 9.80 Å². The summed E-state index contributed by atoms with van der Waals surface area (Å²) in [5.41, 5.74) is 0. The molecule has 0 aliphatic carbocycles. The highest BCUT2D eigenvalue weighted by Gasteiger charge is 2.30. The Morgan fingerprint density at radius 1 is 1.12 bits per heavy atom. The van der Waals surface area contributed by atoms with Crippen molar-refractivity contribution in [1.29, 1.82) is 0 Å². The third-order valence-electron chi connectivity index (χ3n) is 5.44. The van der Waals surface area contributed by atoms with Crippen LogP contribution in [0.2, 0.25) is 0 Å². The highest BCUT2D eigenvalue weighted by Crippen LogP contribution is 2.35. The average molecular weight is 346 g/mol. The summed E-state index contributed by atoms with van der Waals surface area (Å²) >= 11 is 0. The van der Waals surface area contributed by atoms with Crippen molar-refractivity contribution < 1.29 is 19.0 Å². The van der Waals surface area contributed by atoms with E-state index < -0.39 is 6.10 Å². The summed E-state index contributed by atoms with van der Waals surface area (Å²) in [5, 5.41) is 0. The molecule has 136 valence electrons. The maximum atomic E-state index is 12.7. The van der Waals surface area contributed by atoms with Crippen molar-refractivity contribution >= 4 is 5.91 Å². The quantitative estimate of drug-likeness (QED) is 0.837. The summed E-state index contributed by atoms with van der Waals surface area (Å²) in [6.07, 6.45) is 4.29. The van der Waals surface area contributed by atoms with Gasteiger partial charge in [-0.2, -0.15) is 0 Å². The molecule has 0 saturated carbocycles. The Bertz CT molecular complexity index is 622. The molecule has 3 heterocycles. The Morgan fingerprint density at radius 2 is 1.84 bits per heavy atom. The Morgan fingerprint density at radius 3 is 2.60 bits per heavy atom. The molecule has 1 unspecified atom stereocenters. The lowest BCUT2D eigenvalue weighted by molar-refractivity contribution is -0.139. The molecule has 3 aliphatic rings. The number of likely N-dealkylation sites (tertiary alicyclic amines) is 2. The first kappa shape index (κ1) is 16.5. The summed E-state index contributed by atoms with van der Waals surface area (Å²) < 4.78 is 16.5. The lowest BCUT2D eigenvalue weighted by Gasteiger charge is -2.37. The predicted octanol–water partition coefficient (Wildman–Crippen LogP) is 2.27. The number of nitrogens with zero attached hydrogens (tertiary/aromatic N) is 2. The molecular weight excluding hydrogens is 320 g/mol. The van der Waals surface area contributed by atoms with E-state index in [1.165, 1.54) is 25.9 Å². The van der Waals surface area contributed by atoms with Gasteiger partial charge in [-0.25, -0.2) is 0 Å². The topological polar surface area (TPSA) is 51.2 Å². The van der Waals surface area contributed by atoms with Gasteiger partial charge in [-0.05, 0) is 57.8 Å². The molecule has 2 fully saturated rings. The number of fused-ring (bicyclic) bond motifs is 1. The fraction of sp³-hybridized carbons (Fsp3) is 0.632. The van der Waals surface area contributed by atoms with Gasteiger partial charge in [0, 0.05) is 25.2 Å². The maximum absolute atomic E-state index is 12.7. The summed E-state index contributed by atoms with van der Waals surface area (Å²) in [4.78, 5) is 17.2. The van der Waals surface area contributed by atoms with Crippen LogP contribution in [0.1, 0.15) is 32.6 Å². The smallest absolute Gasteiger partial charge is 0.263 e. The van der Waals surface area contributed by atoms with Crippen LogP contribution in [-0.2, 0) is 4.79 Å². The molecule has 25 heavy (non-hydrogen) atoms. The van der Waals surface area contributed by atoms with Crippen LogP contribution in [0.15, 0.2) is 18.2 Å². The van der Waals surface area contributed by atoms with Gasteiger partial charge in [0.15, 0.2) is 17.6 Å². The van der Waals surface area contributed by atoms with Crippen molar-refractivity contribution in [3.8, 4) is 17.2 Å². The van der Waals surface area contributed by atoms with Gasteiger partial charge in [0.2, 0.25) is 6.79 Å². The van der Waals surface area contributed by atoms with E-state index in [1.54, 1.807) is 6.07 Å². The average Bonchev–Trinajstić information content (AvgIpc) is 3.32. The Labute approximate surface area is 148 Å². The van der Waals surface area contributed by atoms with E-state index in [9.17, 15) is 4.79 Å². The first-order valence-corrected chi connectivity index (χ1v) is 9.30. The second-order valence-electron chi connectivity index (χ2n) is 7.07. The predicted molar refractivity (Wildman–Crippen MR) is 93.1 cm³/mol. The van der Waals surface area contributed by atoms with Crippen molar-refractivity contribution in [2.45, 2.75) is 44.8 Å². The van der Waals surface area contributed by atoms with E-state index >= 15 is 0 Å². The van der Waals surface area contributed by atoms with Gasteiger partial charge in [-0.3, -0.25) is 4.79 Å². The lowest BCUT2D eigenvalue weighted by Crippen LogP contribution is -2.49. The van der Waals surface area contributed by atoms with Crippen molar-refractivity contribution in [3.63, 3.8) is 0 Å². The van der Waals surface area contributed by atoms with E-state index in [1.807, 2.05) is 24.0 Å². The fourth-order valence-electron chi connectivity index (χ4n) is 4.02. The number of ether oxygens (including phenoxy) is 3. The van der Waals surface area contributed by atoms with Gasteiger partial charge in [-0.15, -0.1) is 0 Å². The van der Waals surface area contributed by atoms with E-state index in [0.717, 1.165) is 31.7 Å². The number of amides is 1. The van der Waals surface area contributed by atoms with Crippen LogP contribution in [-0.4, -0.2) is 60.8 Å². The van der Waals surface area contributed by atoms with Crippen LogP contribution in [0.5, 0.6) is 17.2 Å². The number of rotatable bonds is 4. The zero-order chi connectivity index (χ0) is 17.2. The molecule has 0 aromatic heterocycles. The summed E-state index contributed by atoms with van der Waals surface area (Å²) in [6, 6.07) is 6.07. The first-order chi connectivity index (χ1) is 12.2. The van der Waals surface area contributed by atoms with Crippen molar-refractivity contribution in [3.05, 3.63) is 18.2 Å². The van der Waals surface area contributed by atoms with Gasteiger partial charge in [0.25, 0.3) is 5.91 Å². The Hall–Kier alpha value is -1.95. The number of hydrogen-bond acceptors (Lipinski definition) is 5. The molecule has 6 heteroatoms. The maximum Gasteiger partial charge on any atom is 0.263 e. The second kappa shape index (κ2) is 7.12. The molecule has 1 aromatic rings. The first-order valence-electron chi connectivity index (χ1n) is 9.30. The second-order valence-corrected chi connectivity index (χ2v) is 7.07. The molecule has 0 N–H and O–H groups in total. The van der Waals surface area contributed by atoms with E-state index in [0.29, 0.717) is 17.5 Å². The van der Waals surface area contributed by atoms with Gasteiger partial charge < -0.3 is 24.0 Å². The third-order valence-corrected chi connectivity index (χ3v) is 5.44. The van der Waals surface area contributed by atoms with Gasteiger partial charge in [0.05, 0.1) is 0 Å².